The van der Waals surface area contributed by atoms with Gasteiger partial charge in [0.1, 0.15) is 0 Å². The van der Waals surface area contributed by atoms with Crippen molar-refractivity contribution in [3.05, 3.63) is 71.8 Å². The summed E-state index contributed by atoms with van der Waals surface area (Å²) in [5.41, 5.74) is 2.10. The third-order valence-electron chi connectivity index (χ3n) is 3.85. The topological polar surface area (TPSA) is 61.4 Å². The van der Waals surface area contributed by atoms with Crippen LogP contribution in [-0.2, 0) is 17.9 Å². The van der Waals surface area contributed by atoms with Gasteiger partial charge in [0.05, 0.1) is 6.04 Å². The number of hydrogen-bond donors (Lipinski definition) is 2. The molecule has 0 fully saturated rings. The standard InChI is InChI=1S/C19H23N3O2/c1-15(22(2)14-17-11-7-4-8-12-17)18(23)21-19(24)20-13-16-9-5-3-6-10-16/h3-12,15H,13-14H2,1-2H3,(H2,20,21,23,24)/t15-/m0/s1. The molecule has 2 N–H and O–H groups in total. The fraction of sp³-hybridized carbons (Fsp3) is 0.263. The monoisotopic (exact) mass is 325 g/mol. The predicted octanol–water partition coefficient (Wildman–Crippen LogP) is 2.53. The number of hydrogen-bond acceptors (Lipinski definition) is 3. The Labute approximate surface area is 142 Å². The Morgan fingerprint density at radius 2 is 1.50 bits per heavy atom. The van der Waals surface area contributed by atoms with Crippen LogP contribution in [-0.4, -0.2) is 29.9 Å². The molecule has 2 aromatic rings. The molecule has 24 heavy (non-hydrogen) atoms. The highest BCUT2D eigenvalue weighted by molar-refractivity contribution is 5.96. The number of urea groups is 1. The second kappa shape index (κ2) is 8.84. The van der Waals surface area contributed by atoms with Gasteiger partial charge in [0.2, 0.25) is 5.91 Å². The number of likely N-dealkylation sites (N-methyl/N-ethyl adjacent to an activating group) is 1. The Kier molecular flexibility index (Phi) is 6.51. The smallest absolute Gasteiger partial charge is 0.321 e. The van der Waals surface area contributed by atoms with Gasteiger partial charge in [-0.1, -0.05) is 60.7 Å². The molecule has 0 aromatic heterocycles. The summed E-state index contributed by atoms with van der Waals surface area (Å²) in [6, 6.07) is 18.6. The van der Waals surface area contributed by atoms with Crippen molar-refractivity contribution < 1.29 is 9.59 Å². The van der Waals surface area contributed by atoms with E-state index in [1.54, 1.807) is 6.92 Å². The lowest BCUT2D eigenvalue weighted by molar-refractivity contribution is -0.124. The molecule has 0 spiro atoms. The molecule has 0 heterocycles. The van der Waals surface area contributed by atoms with Crippen LogP contribution in [0.5, 0.6) is 0 Å². The molecule has 0 aliphatic carbocycles. The van der Waals surface area contributed by atoms with E-state index in [1.165, 1.54) is 0 Å². The summed E-state index contributed by atoms with van der Waals surface area (Å²) in [5.74, 6) is -0.320. The van der Waals surface area contributed by atoms with Crippen molar-refractivity contribution >= 4 is 11.9 Å². The lowest BCUT2D eigenvalue weighted by atomic mass is 10.2. The summed E-state index contributed by atoms with van der Waals surface area (Å²) in [6.07, 6.45) is 0. The number of nitrogens with one attached hydrogen (secondary N) is 2. The maximum absolute atomic E-state index is 12.2. The van der Waals surface area contributed by atoms with E-state index in [1.807, 2.05) is 72.6 Å². The van der Waals surface area contributed by atoms with E-state index in [0.717, 1.165) is 11.1 Å². The van der Waals surface area contributed by atoms with Gasteiger partial charge in [0.25, 0.3) is 0 Å². The van der Waals surface area contributed by atoms with Gasteiger partial charge in [-0.15, -0.1) is 0 Å². The van der Waals surface area contributed by atoms with Crippen LogP contribution in [0, 0.1) is 0 Å². The Hall–Kier alpha value is -2.66. The highest BCUT2D eigenvalue weighted by Crippen LogP contribution is 2.06. The first-order valence-corrected chi connectivity index (χ1v) is 7.93. The number of carbonyl (C=O) groups excluding carboxylic acids is 2. The molecule has 0 unspecified atom stereocenters. The maximum atomic E-state index is 12.2. The summed E-state index contributed by atoms with van der Waals surface area (Å²) in [4.78, 5) is 25.9. The molecule has 2 rings (SSSR count). The molecule has 5 nitrogen and oxygen atoms in total. The minimum absolute atomic E-state index is 0.320. The van der Waals surface area contributed by atoms with Gasteiger partial charge in [0.15, 0.2) is 0 Å². The fourth-order valence-electron chi connectivity index (χ4n) is 2.25. The summed E-state index contributed by atoms with van der Waals surface area (Å²) < 4.78 is 0. The van der Waals surface area contributed by atoms with Crippen LogP contribution in [0.25, 0.3) is 0 Å². The molecule has 5 heteroatoms. The molecule has 0 saturated carbocycles. The Bertz CT molecular complexity index is 659. The summed E-state index contributed by atoms with van der Waals surface area (Å²) in [7, 11) is 1.86. The van der Waals surface area contributed by atoms with Gasteiger partial charge < -0.3 is 5.32 Å². The van der Waals surface area contributed by atoms with E-state index in [-0.39, 0.29) is 5.91 Å². The zero-order chi connectivity index (χ0) is 17.4. The average molecular weight is 325 g/mol. The lowest BCUT2D eigenvalue weighted by Crippen LogP contribution is -2.48. The van der Waals surface area contributed by atoms with Crippen molar-refractivity contribution in [3.8, 4) is 0 Å². The van der Waals surface area contributed by atoms with Gasteiger partial charge in [-0.3, -0.25) is 15.0 Å². The molecule has 0 aliphatic heterocycles. The molecule has 1 atom stereocenters. The van der Waals surface area contributed by atoms with Crippen molar-refractivity contribution in [2.75, 3.05) is 7.05 Å². The number of rotatable bonds is 6. The zero-order valence-electron chi connectivity index (χ0n) is 14.0. The lowest BCUT2D eigenvalue weighted by Gasteiger charge is -2.23. The molecule has 0 bridgehead atoms. The van der Waals surface area contributed by atoms with Gasteiger partial charge in [-0.25, -0.2) is 4.79 Å². The number of imide groups is 1. The number of benzene rings is 2. The van der Waals surface area contributed by atoms with E-state index >= 15 is 0 Å². The normalized spacial score (nSPS) is 11.8. The molecule has 3 amide bonds. The van der Waals surface area contributed by atoms with Gasteiger partial charge in [-0.2, -0.15) is 0 Å². The minimum atomic E-state index is -0.483. The molecule has 126 valence electrons. The van der Waals surface area contributed by atoms with Crippen LogP contribution in [0.2, 0.25) is 0 Å². The summed E-state index contributed by atoms with van der Waals surface area (Å²) in [5, 5.41) is 5.07. The molecule has 2 aromatic carbocycles. The van der Waals surface area contributed by atoms with Crippen LogP contribution >= 0.6 is 0 Å². The first kappa shape index (κ1) is 17.7. The third-order valence-corrected chi connectivity index (χ3v) is 3.85. The molecule has 0 saturated heterocycles. The van der Waals surface area contributed by atoms with Crippen LogP contribution in [0.4, 0.5) is 4.79 Å². The second-order valence-corrected chi connectivity index (χ2v) is 5.73. The van der Waals surface area contributed by atoms with Crippen LogP contribution in [0.15, 0.2) is 60.7 Å². The minimum Gasteiger partial charge on any atom is -0.334 e. The van der Waals surface area contributed by atoms with Gasteiger partial charge >= 0.3 is 6.03 Å². The van der Waals surface area contributed by atoms with Gasteiger partial charge in [0, 0.05) is 13.1 Å². The first-order chi connectivity index (χ1) is 11.6. The highest BCUT2D eigenvalue weighted by atomic mass is 16.2. The van der Waals surface area contributed by atoms with Crippen molar-refractivity contribution in [1.29, 1.82) is 0 Å². The van der Waals surface area contributed by atoms with E-state index in [9.17, 15) is 9.59 Å². The van der Waals surface area contributed by atoms with E-state index in [4.69, 9.17) is 0 Å². The SMILES string of the molecule is C[C@@H](C(=O)NC(=O)NCc1ccccc1)N(C)Cc1ccccc1. The van der Waals surface area contributed by atoms with Gasteiger partial charge in [-0.05, 0) is 25.1 Å². The first-order valence-electron chi connectivity index (χ1n) is 7.93. The number of amides is 3. The van der Waals surface area contributed by atoms with E-state index < -0.39 is 12.1 Å². The Morgan fingerprint density at radius 1 is 0.958 bits per heavy atom. The highest BCUT2D eigenvalue weighted by Gasteiger charge is 2.20. The third kappa shape index (κ3) is 5.52. The summed E-state index contributed by atoms with van der Waals surface area (Å²) in [6.45, 7) is 2.80. The Balaban J connectivity index is 1.78. The van der Waals surface area contributed by atoms with Crippen molar-refractivity contribution in [2.24, 2.45) is 0 Å². The predicted molar refractivity (Wildman–Crippen MR) is 94.2 cm³/mol. The maximum Gasteiger partial charge on any atom is 0.321 e. The average Bonchev–Trinajstić information content (AvgIpc) is 2.61. The summed E-state index contributed by atoms with van der Waals surface area (Å²) >= 11 is 0. The van der Waals surface area contributed by atoms with Crippen LogP contribution in [0.3, 0.4) is 0 Å². The zero-order valence-corrected chi connectivity index (χ0v) is 14.0. The van der Waals surface area contributed by atoms with Crippen molar-refractivity contribution in [1.82, 2.24) is 15.5 Å². The van der Waals surface area contributed by atoms with E-state index in [2.05, 4.69) is 10.6 Å². The number of carbonyl (C=O) groups is 2. The number of nitrogens with zero attached hydrogens (tertiary/aromatic N) is 1. The molecular formula is C19H23N3O2. The quantitative estimate of drug-likeness (QED) is 0.858. The fourth-order valence-corrected chi connectivity index (χ4v) is 2.25. The van der Waals surface area contributed by atoms with E-state index in [0.29, 0.717) is 13.1 Å². The van der Waals surface area contributed by atoms with Crippen LogP contribution in [0.1, 0.15) is 18.1 Å². The van der Waals surface area contributed by atoms with Crippen molar-refractivity contribution in [3.63, 3.8) is 0 Å². The van der Waals surface area contributed by atoms with Crippen molar-refractivity contribution in [2.45, 2.75) is 26.1 Å². The van der Waals surface area contributed by atoms with Crippen LogP contribution < -0.4 is 10.6 Å². The Morgan fingerprint density at radius 3 is 2.08 bits per heavy atom. The molecule has 0 radical (unpaired) electrons. The molecular weight excluding hydrogens is 302 g/mol. The second-order valence-electron chi connectivity index (χ2n) is 5.73. The largest absolute Gasteiger partial charge is 0.334 e. The molecule has 0 aliphatic rings.